The fraction of sp³-hybridized carbons (Fsp3) is 0.438. The summed E-state index contributed by atoms with van der Waals surface area (Å²) >= 11 is 0. The Morgan fingerprint density at radius 2 is 1.91 bits per heavy atom. The molecule has 1 rings (SSSR count). The summed E-state index contributed by atoms with van der Waals surface area (Å²) in [5.74, 6) is -0.356. The first-order chi connectivity index (χ1) is 10.8. The molecule has 0 aromatic heterocycles. The summed E-state index contributed by atoms with van der Waals surface area (Å²) in [6.45, 7) is 6.38. The minimum absolute atomic E-state index is 0.0816. The highest BCUT2D eigenvalue weighted by molar-refractivity contribution is 6.76. The molecule has 0 aliphatic heterocycles. The maximum Gasteiger partial charge on any atom is 0.408 e. The van der Waals surface area contributed by atoms with Gasteiger partial charge in [0, 0.05) is 8.07 Å². The summed E-state index contributed by atoms with van der Waals surface area (Å²) in [7, 11) is -1.59. The van der Waals surface area contributed by atoms with Crippen molar-refractivity contribution >= 4 is 20.1 Å². The minimum Gasteiger partial charge on any atom is -0.445 e. The van der Waals surface area contributed by atoms with Crippen LogP contribution in [0.4, 0.5) is 4.79 Å². The average molecular weight is 333 g/mol. The molecule has 0 heterocycles. The zero-order chi connectivity index (χ0) is 17.3. The number of ether oxygens (including phenoxy) is 1. The van der Waals surface area contributed by atoms with Crippen molar-refractivity contribution in [3.05, 3.63) is 35.9 Å². The first-order valence-corrected chi connectivity index (χ1v) is 11.1. The number of nitriles is 1. The number of nitrogens with zero attached hydrogens (tertiary/aromatic N) is 1. The van der Waals surface area contributed by atoms with Gasteiger partial charge in [0.15, 0.2) is 0 Å². The molecule has 6 nitrogen and oxygen atoms in total. The second-order valence-corrected chi connectivity index (χ2v) is 11.9. The topological polar surface area (TPSA) is 91.2 Å². The normalized spacial score (nSPS) is 11.9. The number of alkyl carbamates (subject to hydrolysis) is 1. The van der Waals surface area contributed by atoms with Gasteiger partial charge < -0.3 is 15.4 Å². The zero-order valence-corrected chi connectivity index (χ0v) is 14.8. The molecule has 0 aliphatic carbocycles. The van der Waals surface area contributed by atoms with Gasteiger partial charge in [-0.1, -0.05) is 50.0 Å². The fourth-order valence-corrected chi connectivity index (χ4v) is 3.49. The third-order valence-corrected chi connectivity index (χ3v) is 4.61. The van der Waals surface area contributed by atoms with Gasteiger partial charge in [0.2, 0.25) is 5.91 Å². The molecule has 1 unspecified atom stereocenters. The smallest absolute Gasteiger partial charge is 0.408 e. The molecule has 1 atom stereocenters. The lowest BCUT2D eigenvalue weighted by molar-refractivity contribution is -0.122. The largest absolute Gasteiger partial charge is 0.445 e. The standard InChI is InChI=1S/C16H23N3O3Si/c1-23(2,3)12-14(15(20)18-10-9-17)19-16(21)22-11-13-7-5-4-6-8-13/h4-8,14H,10-12H2,1-3H3,(H,18,20)(H,19,21). The SMILES string of the molecule is C[Si](C)(C)CC(NC(=O)OCc1ccccc1)C(=O)NCC#N. The number of nitrogens with one attached hydrogen (secondary N) is 2. The Morgan fingerprint density at radius 3 is 2.48 bits per heavy atom. The highest BCUT2D eigenvalue weighted by Gasteiger charge is 2.27. The number of carbonyl (C=O) groups is 2. The van der Waals surface area contributed by atoms with Gasteiger partial charge in [-0.15, -0.1) is 0 Å². The molecule has 0 spiro atoms. The van der Waals surface area contributed by atoms with Crippen LogP contribution in [0.5, 0.6) is 0 Å². The summed E-state index contributed by atoms with van der Waals surface area (Å²) in [6, 6.07) is 11.1. The van der Waals surface area contributed by atoms with E-state index in [4.69, 9.17) is 10.00 Å². The van der Waals surface area contributed by atoms with Crippen molar-refractivity contribution in [3.8, 4) is 6.07 Å². The third kappa shape index (κ3) is 8.02. The Hall–Kier alpha value is -2.33. The molecule has 2 amide bonds. The number of hydrogen-bond donors (Lipinski definition) is 2. The lowest BCUT2D eigenvalue weighted by Gasteiger charge is -2.24. The Bertz CT molecular complexity index is 564. The second-order valence-electron chi connectivity index (χ2n) is 6.40. The van der Waals surface area contributed by atoms with Crippen molar-refractivity contribution in [1.82, 2.24) is 10.6 Å². The van der Waals surface area contributed by atoms with Gasteiger partial charge >= 0.3 is 6.09 Å². The van der Waals surface area contributed by atoms with Crippen molar-refractivity contribution in [2.24, 2.45) is 0 Å². The molecule has 0 bridgehead atoms. The van der Waals surface area contributed by atoms with Crippen LogP contribution in [0.3, 0.4) is 0 Å². The lowest BCUT2D eigenvalue weighted by atomic mass is 10.2. The van der Waals surface area contributed by atoms with Crippen molar-refractivity contribution in [3.63, 3.8) is 0 Å². The van der Waals surface area contributed by atoms with E-state index in [1.54, 1.807) is 0 Å². The van der Waals surface area contributed by atoms with E-state index in [-0.39, 0.29) is 19.1 Å². The maximum absolute atomic E-state index is 12.1. The van der Waals surface area contributed by atoms with Crippen LogP contribution < -0.4 is 10.6 Å². The van der Waals surface area contributed by atoms with Gasteiger partial charge in [-0.3, -0.25) is 4.79 Å². The molecule has 0 fully saturated rings. The molecule has 23 heavy (non-hydrogen) atoms. The number of hydrogen-bond acceptors (Lipinski definition) is 4. The monoisotopic (exact) mass is 333 g/mol. The van der Waals surface area contributed by atoms with E-state index < -0.39 is 20.2 Å². The molecule has 1 aromatic rings. The zero-order valence-electron chi connectivity index (χ0n) is 13.8. The summed E-state index contributed by atoms with van der Waals surface area (Å²) < 4.78 is 5.15. The Morgan fingerprint density at radius 1 is 1.26 bits per heavy atom. The molecule has 0 radical (unpaired) electrons. The van der Waals surface area contributed by atoms with Crippen LogP contribution >= 0.6 is 0 Å². The van der Waals surface area contributed by atoms with Crippen LogP contribution in [0.2, 0.25) is 25.7 Å². The second kappa shape index (κ2) is 8.95. The van der Waals surface area contributed by atoms with Crippen LogP contribution in [0.1, 0.15) is 5.56 Å². The molecule has 0 aliphatic rings. The molecule has 1 aromatic carbocycles. The van der Waals surface area contributed by atoms with Crippen LogP contribution in [0, 0.1) is 11.3 Å². The highest BCUT2D eigenvalue weighted by Crippen LogP contribution is 2.12. The number of amides is 2. The Labute approximate surface area is 137 Å². The van der Waals surface area contributed by atoms with Crippen LogP contribution in [-0.4, -0.2) is 32.7 Å². The molecular weight excluding hydrogens is 310 g/mol. The van der Waals surface area contributed by atoms with E-state index >= 15 is 0 Å². The van der Waals surface area contributed by atoms with Gasteiger partial charge in [-0.25, -0.2) is 4.79 Å². The Kier molecular flexibility index (Phi) is 7.28. The van der Waals surface area contributed by atoms with Gasteiger partial charge in [-0.2, -0.15) is 5.26 Å². The van der Waals surface area contributed by atoms with Gasteiger partial charge in [0.25, 0.3) is 0 Å². The predicted octanol–water partition coefficient (Wildman–Crippen LogP) is 2.26. The van der Waals surface area contributed by atoms with E-state index in [0.717, 1.165) is 5.56 Å². The van der Waals surface area contributed by atoms with Gasteiger partial charge in [-0.05, 0) is 11.6 Å². The lowest BCUT2D eigenvalue weighted by Crippen LogP contribution is -2.50. The van der Waals surface area contributed by atoms with Crippen LogP contribution in [0.25, 0.3) is 0 Å². The summed E-state index contributed by atoms with van der Waals surface area (Å²) in [5, 5.41) is 13.6. The third-order valence-electron chi connectivity index (χ3n) is 2.98. The van der Waals surface area contributed by atoms with E-state index in [2.05, 4.69) is 30.3 Å². The predicted molar refractivity (Wildman–Crippen MR) is 90.3 cm³/mol. The average Bonchev–Trinajstić information content (AvgIpc) is 2.49. The quantitative estimate of drug-likeness (QED) is 0.591. The van der Waals surface area contributed by atoms with Crippen molar-refractivity contribution < 1.29 is 14.3 Å². The molecule has 124 valence electrons. The van der Waals surface area contributed by atoms with Crippen molar-refractivity contribution in [2.75, 3.05) is 6.54 Å². The van der Waals surface area contributed by atoms with E-state index in [1.165, 1.54) is 0 Å². The molecule has 2 N–H and O–H groups in total. The van der Waals surface area contributed by atoms with Crippen LogP contribution in [-0.2, 0) is 16.1 Å². The van der Waals surface area contributed by atoms with Gasteiger partial charge in [0.05, 0.1) is 6.07 Å². The molecular formula is C16H23N3O3Si. The summed E-state index contributed by atoms with van der Waals surface area (Å²) in [4.78, 5) is 24.0. The van der Waals surface area contributed by atoms with E-state index in [0.29, 0.717) is 6.04 Å². The van der Waals surface area contributed by atoms with Gasteiger partial charge in [0.1, 0.15) is 19.2 Å². The highest BCUT2D eigenvalue weighted by atomic mass is 28.3. The van der Waals surface area contributed by atoms with Crippen molar-refractivity contribution in [2.45, 2.75) is 38.3 Å². The summed E-state index contributed by atoms with van der Waals surface area (Å²) in [6.07, 6.45) is -0.635. The van der Waals surface area contributed by atoms with Crippen molar-refractivity contribution in [1.29, 1.82) is 5.26 Å². The number of rotatable bonds is 7. The number of benzene rings is 1. The summed E-state index contributed by atoms with van der Waals surface area (Å²) in [5.41, 5.74) is 0.873. The first kappa shape index (κ1) is 18.7. The molecule has 7 heteroatoms. The molecule has 0 saturated heterocycles. The maximum atomic E-state index is 12.1. The fourth-order valence-electron chi connectivity index (χ4n) is 1.98. The van der Waals surface area contributed by atoms with E-state index in [1.807, 2.05) is 36.4 Å². The first-order valence-electron chi connectivity index (χ1n) is 7.44. The Balaban J connectivity index is 2.59. The number of carbonyl (C=O) groups excluding carboxylic acids is 2. The van der Waals surface area contributed by atoms with Crippen LogP contribution in [0.15, 0.2) is 30.3 Å². The van der Waals surface area contributed by atoms with E-state index in [9.17, 15) is 9.59 Å². The molecule has 0 saturated carbocycles. The minimum atomic E-state index is -1.59.